The molecule has 1 fully saturated rings. The van der Waals surface area contributed by atoms with E-state index in [1.807, 2.05) is 19.1 Å². The first kappa shape index (κ1) is 21.4. The Bertz CT molecular complexity index is 1110. The Balaban J connectivity index is 1.44. The van der Waals surface area contributed by atoms with Crippen molar-refractivity contribution in [2.75, 3.05) is 16.4 Å². The van der Waals surface area contributed by atoms with Crippen LogP contribution < -0.4 is 16.0 Å². The minimum atomic E-state index is -3.51. The molecule has 8 heteroatoms. The molecule has 0 radical (unpaired) electrons. The molecule has 2 amide bonds. The summed E-state index contributed by atoms with van der Waals surface area (Å²) in [6.07, 6.45) is 4.24. The lowest BCUT2D eigenvalue weighted by atomic mass is 10.1. The summed E-state index contributed by atoms with van der Waals surface area (Å²) in [4.78, 5) is 25.1. The normalized spacial score (nSPS) is 18.7. The fourth-order valence-corrected chi connectivity index (χ4v) is 5.82. The fraction of sp³-hybridized carbons (Fsp3) is 0.391. The van der Waals surface area contributed by atoms with Crippen LogP contribution in [-0.4, -0.2) is 38.1 Å². The Hall–Kier alpha value is -2.87. The number of carbonyl (C=O) groups excluding carboxylic acids is 2. The van der Waals surface area contributed by atoms with Gasteiger partial charge in [-0.3, -0.25) is 9.59 Å². The summed E-state index contributed by atoms with van der Waals surface area (Å²) in [5.74, 6) is -1.00. The maximum Gasteiger partial charge on any atom is 0.251 e. The highest BCUT2D eigenvalue weighted by atomic mass is 32.2. The van der Waals surface area contributed by atoms with E-state index in [9.17, 15) is 18.0 Å². The monoisotopic (exact) mass is 441 g/mol. The van der Waals surface area contributed by atoms with Crippen molar-refractivity contribution in [2.24, 2.45) is 0 Å². The Kier molecular flexibility index (Phi) is 6.00. The van der Waals surface area contributed by atoms with E-state index in [1.54, 1.807) is 30.3 Å². The van der Waals surface area contributed by atoms with Crippen molar-refractivity contribution >= 4 is 33.0 Å². The van der Waals surface area contributed by atoms with Gasteiger partial charge in [0, 0.05) is 11.6 Å². The SMILES string of the molecule is Cc1ccccc1CS(=O)(=O)CC1Nc2ccc(C(=O)NC3CCCC3)cc2NC1=O. The Morgan fingerprint density at radius 1 is 1.10 bits per heavy atom. The zero-order valence-corrected chi connectivity index (χ0v) is 18.3. The summed E-state index contributed by atoms with van der Waals surface area (Å²) in [6.45, 7) is 1.87. The predicted molar refractivity (Wildman–Crippen MR) is 121 cm³/mol. The van der Waals surface area contributed by atoms with Crippen molar-refractivity contribution in [3.8, 4) is 0 Å². The third-order valence-corrected chi connectivity index (χ3v) is 7.53. The van der Waals surface area contributed by atoms with E-state index in [1.165, 1.54) is 0 Å². The number of nitrogens with one attached hydrogen (secondary N) is 3. The second-order valence-corrected chi connectivity index (χ2v) is 10.5. The summed E-state index contributed by atoms with van der Waals surface area (Å²) in [5, 5.41) is 8.80. The van der Waals surface area contributed by atoms with Gasteiger partial charge in [0.2, 0.25) is 5.91 Å². The fourth-order valence-electron chi connectivity index (χ4n) is 4.17. The minimum absolute atomic E-state index is 0.113. The number of hydrogen-bond acceptors (Lipinski definition) is 5. The molecule has 1 heterocycles. The standard InChI is InChI=1S/C23H27N3O4S/c1-15-6-2-3-7-17(15)13-31(29,30)14-21-23(28)26-20-12-16(10-11-19(20)25-21)22(27)24-18-8-4-5-9-18/h2-3,6-7,10-12,18,21,25H,4-5,8-9,13-14H2,1H3,(H,24,27)(H,26,28). The first-order chi connectivity index (χ1) is 14.8. The predicted octanol–water partition coefficient (Wildman–Crippen LogP) is 3.02. The number of anilines is 2. The molecule has 0 aromatic heterocycles. The average molecular weight is 442 g/mol. The molecule has 2 aromatic rings. The van der Waals surface area contributed by atoms with E-state index in [0.717, 1.165) is 36.8 Å². The molecule has 3 N–H and O–H groups in total. The van der Waals surface area contributed by atoms with Crippen molar-refractivity contribution in [2.45, 2.75) is 50.4 Å². The summed E-state index contributed by atoms with van der Waals surface area (Å²) >= 11 is 0. The number of aryl methyl sites for hydroxylation is 1. The molecule has 4 rings (SSSR count). The van der Waals surface area contributed by atoms with Gasteiger partial charge in [0.25, 0.3) is 5.91 Å². The lowest BCUT2D eigenvalue weighted by Crippen LogP contribution is -2.43. The number of fused-ring (bicyclic) bond motifs is 1. The molecule has 0 bridgehead atoms. The van der Waals surface area contributed by atoms with E-state index in [0.29, 0.717) is 16.9 Å². The molecule has 1 atom stereocenters. The van der Waals surface area contributed by atoms with Gasteiger partial charge in [-0.2, -0.15) is 0 Å². The van der Waals surface area contributed by atoms with Crippen LogP contribution in [0, 0.1) is 6.92 Å². The van der Waals surface area contributed by atoms with E-state index < -0.39 is 21.8 Å². The lowest BCUT2D eigenvalue weighted by Gasteiger charge is -2.27. The molecule has 0 spiro atoms. The summed E-state index contributed by atoms with van der Waals surface area (Å²) in [7, 11) is -3.51. The molecule has 31 heavy (non-hydrogen) atoms. The highest BCUT2D eigenvalue weighted by Gasteiger charge is 2.31. The maximum absolute atomic E-state index is 12.7. The number of sulfone groups is 1. The number of hydrogen-bond donors (Lipinski definition) is 3. The number of benzene rings is 2. The van der Waals surface area contributed by atoms with E-state index >= 15 is 0 Å². The van der Waals surface area contributed by atoms with Crippen LogP contribution in [0.4, 0.5) is 11.4 Å². The minimum Gasteiger partial charge on any atom is -0.371 e. The van der Waals surface area contributed by atoms with E-state index in [2.05, 4.69) is 16.0 Å². The first-order valence-electron chi connectivity index (χ1n) is 10.6. The zero-order valence-electron chi connectivity index (χ0n) is 17.5. The van der Waals surface area contributed by atoms with Gasteiger partial charge in [0.1, 0.15) is 6.04 Å². The number of carbonyl (C=O) groups is 2. The second-order valence-electron chi connectivity index (χ2n) is 8.38. The molecule has 2 aliphatic rings. The van der Waals surface area contributed by atoms with Gasteiger partial charge >= 0.3 is 0 Å². The van der Waals surface area contributed by atoms with Gasteiger partial charge in [-0.25, -0.2) is 8.42 Å². The molecule has 1 unspecified atom stereocenters. The number of rotatable bonds is 6. The topological polar surface area (TPSA) is 104 Å². The lowest BCUT2D eigenvalue weighted by molar-refractivity contribution is -0.116. The molecule has 0 saturated heterocycles. The van der Waals surface area contributed by atoms with Crippen LogP contribution in [0.2, 0.25) is 0 Å². The first-order valence-corrected chi connectivity index (χ1v) is 12.4. The third kappa shape index (κ3) is 5.07. The van der Waals surface area contributed by atoms with Crippen molar-refractivity contribution in [3.63, 3.8) is 0 Å². The van der Waals surface area contributed by atoms with Gasteiger partial charge in [0.15, 0.2) is 9.84 Å². The Morgan fingerprint density at radius 3 is 2.58 bits per heavy atom. The molecule has 164 valence electrons. The van der Waals surface area contributed by atoms with Crippen molar-refractivity contribution in [1.29, 1.82) is 0 Å². The van der Waals surface area contributed by atoms with Crippen LogP contribution in [0.1, 0.15) is 47.2 Å². The molecular formula is C23H27N3O4S. The molecular weight excluding hydrogens is 414 g/mol. The van der Waals surface area contributed by atoms with E-state index in [-0.39, 0.29) is 23.5 Å². The van der Waals surface area contributed by atoms with Crippen molar-refractivity contribution in [3.05, 3.63) is 59.2 Å². The van der Waals surface area contributed by atoms with Crippen molar-refractivity contribution in [1.82, 2.24) is 5.32 Å². The molecule has 1 aliphatic carbocycles. The van der Waals surface area contributed by atoms with Crippen LogP contribution in [0.15, 0.2) is 42.5 Å². The van der Waals surface area contributed by atoms with Crippen LogP contribution in [-0.2, 0) is 20.4 Å². The quantitative estimate of drug-likeness (QED) is 0.639. The molecule has 2 aromatic carbocycles. The van der Waals surface area contributed by atoms with Crippen LogP contribution in [0.3, 0.4) is 0 Å². The third-order valence-electron chi connectivity index (χ3n) is 5.93. The number of amides is 2. The Morgan fingerprint density at radius 2 is 1.84 bits per heavy atom. The van der Waals surface area contributed by atoms with Gasteiger partial charge < -0.3 is 16.0 Å². The zero-order chi connectivity index (χ0) is 22.0. The van der Waals surface area contributed by atoms with Gasteiger partial charge in [-0.1, -0.05) is 37.1 Å². The van der Waals surface area contributed by atoms with Gasteiger partial charge in [0.05, 0.1) is 22.9 Å². The van der Waals surface area contributed by atoms with Crippen LogP contribution >= 0.6 is 0 Å². The average Bonchev–Trinajstić information content (AvgIpc) is 3.22. The smallest absolute Gasteiger partial charge is 0.251 e. The largest absolute Gasteiger partial charge is 0.371 e. The maximum atomic E-state index is 12.7. The molecule has 1 saturated carbocycles. The second kappa shape index (κ2) is 8.70. The molecule has 7 nitrogen and oxygen atoms in total. The summed E-state index contributed by atoms with van der Waals surface area (Å²) in [6, 6.07) is 11.7. The highest BCUT2D eigenvalue weighted by Crippen LogP contribution is 2.29. The van der Waals surface area contributed by atoms with Gasteiger partial charge in [-0.15, -0.1) is 0 Å². The Labute approximate surface area is 182 Å². The molecule has 1 aliphatic heterocycles. The highest BCUT2D eigenvalue weighted by molar-refractivity contribution is 7.90. The van der Waals surface area contributed by atoms with E-state index in [4.69, 9.17) is 0 Å². The summed E-state index contributed by atoms with van der Waals surface area (Å²) in [5.41, 5.74) is 3.20. The van der Waals surface area contributed by atoms with Gasteiger partial charge in [-0.05, 0) is 49.1 Å². The van der Waals surface area contributed by atoms with Crippen LogP contribution in [0.5, 0.6) is 0 Å². The van der Waals surface area contributed by atoms with Crippen molar-refractivity contribution < 1.29 is 18.0 Å². The summed E-state index contributed by atoms with van der Waals surface area (Å²) < 4.78 is 25.4. The van der Waals surface area contributed by atoms with Crippen LogP contribution in [0.25, 0.3) is 0 Å².